The molecule has 2 aromatic carbocycles. The number of benzene rings is 2. The summed E-state index contributed by atoms with van der Waals surface area (Å²) in [6.07, 6.45) is 1.82. The topological polar surface area (TPSA) is 39.4 Å². The van der Waals surface area contributed by atoms with Gasteiger partial charge in [0.15, 0.2) is 0 Å². The molecular formula is C20H22N3OSi. The molecule has 5 heteroatoms. The Hall–Kier alpha value is -2.66. The van der Waals surface area contributed by atoms with Gasteiger partial charge in [-0.3, -0.25) is 0 Å². The average Bonchev–Trinajstić information content (AvgIpc) is 2.93. The molecule has 0 bridgehead atoms. The van der Waals surface area contributed by atoms with E-state index in [4.69, 9.17) is 9.42 Å². The summed E-state index contributed by atoms with van der Waals surface area (Å²) in [6, 6.07) is 18.2. The van der Waals surface area contributed by atoms with Gasteiger partial charge >= 0.3 is 0 Å². The molecule has 1 heterocycles. The summed E-state index contributed by atoms with van der Waals surface area (Å²) in [5, 5.41) is 0. The number of imidazole rings is 1. The van der Waals surface area contributed by atoms with Crippen LogP contribution in [0.1, 0.15) is 17.0 Å². The standard InChI is InChI=1S/C20H22N3OSi/c1-15-20(23(2)14-21-15)19(16-10-6-5-7-11-16)22-17-12-8-9-13-18(17)24-25(3)4/h5-14H,1-4H3. The highest BCUT2D eigenvalue weighted by Gasteiger charge is 2.16. The zero-order valence-electron chi connectivity index (χ0n) is 15.0. The summed E-state index contributed by atoms with van der Waals surface area (Å²) >= 11 is 0. The monoisotopic (exact) mass is 348 g/mol. The minimum atomic E-state index is -0.864. The van der Waals surface area contributed by atoms with Crippen LogP contribution in [0.2, 0.25) is 13.1 Å². The number of para-hydroxylation sites is 2. The molecule has 3 rings (SSSR count). The van der Waals surface area contributed by atoms with E-state index in [9.17, 15) is 0 Å². The summed E-state index contributed by atoms with van der Waals surface area (Å²) in [4.78, 5) is 9.42. The van der Waals surface area contributed by atoms with E-state index < -0.39 is 9.04 Å². The summed E-state index contributed by atoms with van der Waals surface area (Å²) in [7, 11) is 1.13. The normalized spacial score (nSPS) is 11.8. The molecular weight excluding hydrogens is 326 g/mol. The van der Waals surface area contributed by atoms with Crippen LogP contribution in [0.4, 0.5) is 5.69 Å². The van der Waals surface area contributed by atoms with Crippen molar-refractivity contribution in [3.8, 4) is 5.75 Å². The van der Waals surface area contributed by atoms with Crippen molar-refractivity contribution in [1.82, 2.24) is 9.55 Å². The van der Waals surface area contributed by atoms with E-state index in [-0.39, 0.29) is 0 Å². The van der Waals surface area contributed by atoms with Crippen molar-refractivity contribution < 1.29 is 4.43 Å². The van der Waals surface area contributed by atoms with Crippen molar-refractivity contribution in [2.75, 3.05) is 0 Å². The molecule has 0 amide bonds. The van der Waals surface area contributed by atoms with E-state index in [0.29, 0.717) is 0 Å². The second kappa shape index (κ2) is 7.48. The van der Waals surface area contributed by atoms with Crippen molar-refractivity contribution in [1.29, 1.82) is 0 Å². The predicted molar refractivity (Wildman–Crippen MR) is 104 cm³/mol. The molecule has 3 aromatic rings. The third-order valence-electron chi connectivity index (χ3n) is 3.80. The van der Waals surface area contributed by atoms with Crippen LogP contribution < -0.4 is 4.43 Å². The van der Waals surface area contributed by atoms with Crippen molar-refractivity contribution in [3.05, 3.63) is 77.9 Å². The van der Waals surface area contributed by atoms with E-state index in [1.807, 2.05) is 67.3 Å². The molecule has 1 radical (unpaired) electrons. The number of rotatable bonds is 5. The lowest BCUT2D eigenvalue weighted by atomic mass is 10.1. The first-order valence-corrected chi connectivity index (χ1v) is 10.7. The summed E-state index contributed by atoms with van der Waals surface area (Å²) in [5.41, 5.74) is 4.77. The van der Waals surface area contributed by atoms with Crippen LogP contribution in [-0.4, -0.2) is 24.3 Å². The third-order valence-corrected chi connectivity index (χ3v) is 4.43. The maximum atomic E-state index is 6.03. The van der Waals surface area contributed by atoms with Crippen LogP contribution in [0, 0.1) is 6.92 Å². The number of hydrogen-bond donors (Lipinski definition) is 0. The quantitative estimate of drug-likeness (QED) is 0.502. The van der Waals surface area contributed by atoms with Gasteiger partial charge in [-0.2, -0.15) is 0 Å². The summed E-state index contributed by atoms with van der Waals surface area (Å²) in [5.74, 6) is 0.828. The molecule has 127 valence electrons. The number of aliphatic imine (C=N–C) groups is 1. The lowest BCUT2D eigenvalue weighted by Gasteiger charge is -2.13. The smallest absolute Gasteiger partial charge is 0.274 e. The highest BCUT2D eigenvalue weighted by atomic mass is 28.3. The largest absolute Gasteiger partial charge is 0.541 e. The van der Waals surface area contributed by atoms with Crippen LogP contribution in [-0.2, 0) is 7.05 Å². The molecule has 0 aliphatic carbocycles. The second-order valence-corrected chi connectivity index (χ2v) is 8.11. The van der Waals surface area contributed by atoms with Gasteiger partial charge in [-0.25, -0.2) is 9.98 Å². The van der Waals surface area contributed by atoms with Gasteiger partial charge < -0.3 is 8.99 Å². The lowest BCUT2D eigenvalue weighted by molar-refractivity contribution is 0.582. The zero-order chi connectivity index (χ0) is 17.8. The highest BCUT2D eigenvalue weighted by Crippen LogP contribution is 2.29. The third kappa shape index (κ3) is 3.88. The fourth-order valence-corrected chi connectivity index (χ4v) is 3.32. The molecule has 0 aliphatic rings. The highest BCUT2D eigenvalue weighted by molar-refractivity contribution is 6.49. The molecule has 0 saturated heterocycles. The van der Waals surface area contributed by atoms with E-state index in [1.165, 1.54) is 0 Å². The van der Waals surface area contributed by atoms with Gasteiger partial charge in [0.2, 0.25) is 0 Å². The molecule has 1 aromatic heterocycles. The van der Waals surface area contributed by atoms with Crippen molar-refractivity contribution in [2.24, 2.45) is 12.0 Å². The molecule has 0 N–H and O–H groups in total. The Morgan fingerprint density at radius 2 is 1.72 bits per heavy atom. The van der Waals surface area contributed by atoms with Gasteiger partial charge in [0.1, 0.15) is 11.4 Å². The van der Waals surface area contributed by atoms with Crippen molar-refractivity contribution in [2.45, 2.75) is 20.0 Å². The Morgan fingerprint density at radius 3 is 2.36 bits per heavy atom. The first-order chi connectivity index (χ1) is 12.1. The molecule has 25 heavy (non-hydrogen) atoms. The number of hydrogen-bond acceptors (Lipinski definition) is 3. The maximum Gasteiger partial charge on any atom is 0.274 e. The Balaban J connectivity index is 2.18. The van der Waals surface area contributed by atoms with Crippen LogP contribution in [0.15, 0.2) is 65.9 Å². The van der Waals surface area contributed by atoms with Gasteiger partial charge in [-0.15, -0.1) is 0 Å². The Kier molecular flexibility index (Phi) is 5.14. The Labute approximate surface area is 150 Å². The molecule has 0 unspecified atom stereocenters. The average molecular weight is 349 g/mol. The second-order valence-electron chi connectivity index (χ2n) is 6.09. The van der Waals surface area contributed by atoms with Gasteiger partial charge in [-0.05, 0) is 32.2 Å². The minimum absolute atomic E-state index is 0.828. The van der Waals surface area contributed by atoms with Crippen LogP contribution in [0.3, 0.4) is 0 Å². The number of nitrogens with zero attached hydrogens (tertiary/aromatic N) is 3. The molecule has 4 nitrogen and oxygen atoms in total. The number of aromatic nitrogens is 2. The van der Waals surface area contributed by atoms with Crippen LogP contribution in [0.25, 0.3) is 0 Å². The van der Waals surface area contributed by atoms with Gasteiger partial charge in [0, 0.05) is 12.6 Å². The summed E-state index contributed by atoms with van der Waals surface area (Å²) in [6.45, 7) is 6.25. The Morgan fingerprint density at radius 1 is 1.04 bits per heavy atom. The lowest BCUT2D eigenvalue weighted by Crippen LogP contribution is -2.12. The maximum absolute atomic E-state index is 6.03. The molecule has 0 atom stereocenters. The van der Waals surface area contributed by atoms with Crippen LogP contribution >= 0.6 is 0 Å². The minimum Gasteiger partial charge on any atom is -0.541 e. The Bertz CT molecular complexity index is 865. The molecule has 0 saturated carbocycles. The fourth-order valence-electron chi connectivity index (χ4n) is 2.71. The molecule has 0 spiro atoms. The van der Waals surface area contributed by atoms with Crippen LogP contribution in [0.5, 0.6) is 5.75 Å². The van der Waals surface area contributed by atoms with Gasteiger partial charge in [-0.1, -0.05) is 42.5 Å². The number of aryl methyl sites for hydroxylation is 2. The SMILES string of the molecule is Cc1ncn(C)c1C(=Nc1ccccc1O[Si](C)C)c1ccccc1. The van der Waals surface area contributed by atoms with Gasteiger partial charge in [0.05, 0.1) is 23.4 Å². The molecule has 0 aliphatic heterocycles. The van der Waals surface area contributed by atoms with E-state index in [2.05, 4.69) is 30.2 Å². The van der Waals surface area contributed by atoms with E-state index in [1.54, 1.807) is 0 Å². The summed E-state index contributed by atoms with van der Waals surface area (Å²) < 4.78 is 8.05. The fraction of sp³-hybridized carbons (Fsp3) is 0.200. The first kappa shape index (κ1) is 17.2. The zero-order valence-corrected chi connectivity index (χ0v) is 16.0. The molecule has 0 fully saturated rings. The van der Waals surface area contributed by atoms with Crippen molar-refractivity contribution in [3.63, 3.8) is 0 Å². The predicted octanol–water partition coefficient (Wildman–Crippen LogP) is 4.53. The first-order valence-electron chi connectivity index (χ1n) is 8.25. The van der Waals surface area contributed by atoms with Crippen molar-refractivity contribution >= 4 is 20.4 Å². The van der Waals surface area contributed by atoms with E-state index in [0.717, 1.165) is 34.1 Å². The van der Waals surface area contributed by atoms with Gasteiger partial charge in [0.25, 0.3) is 9.04 Å². The van der Waals surface area contributed by atoms with E-state index >= 15 is 0 Å².